The molecule has 0 spiro atoms. The number of hydrogen-bond donors (Lipinski definition) is 0. The quantitative estimate of drug-likeness (QED) is 0.410. The molecule has 0 unspecified atom stereocenters. The van der Waals surface area contributed by atoms with E-state index in [2.05, 4.69) is 10.8 Å². The monoisotopic (exact) mass is 160 g/mol. The summed E-state index contributed by atoms with van der Waals surface area (Å²) in [6.45, 7) is 1.78. The molecule has 0 rings (SSSR count). The zero-order chi connectivity index (χ0) is 4.12. The Balaban J connectivity index is 0. The van der Waals surface area contributed by atoms with Gasteiger partial charge >= 0.3 is 0 Å². The van der Waals surface area contributed by atoms with Crippen LogP contribution in [0, 0.1) is 6.08 Å². The van der Waals surface area contributed by atoms with Crippen LogP contribution in [0.4, 0.5) is 0 Å². The maximum Gasteiger partial charge on any atom is 0.0723 e. The average molecular weight is 160 g/mol. The van der Waals surface area contributed by atoms with Gasteiger partial charge in [0.2, 0.25) is 0 Å². The van der Waals surface area contributed by atoms with Crippen molar-refractivity contribution in [2.24, 2.45) is 0 Å². The predicted molar refractivity (Wildman–Crippen MR) is 20.5 cm³/mol. The van der Waals surface area contributed by atoms with Crippen LogP contribution in [0.1, 0.15) is 6.92 Å². The second-order valence-corrected chi connectivity index (χ2v) is 0.642. The van der Waals surface area contributed by atoms with E-state index in [0.29, 0.717) is 0 Å². The van der Waals surface area contributed by atoms with E-state index in [1.165, 1.54) is 6.26 Å². The van der Waals surface area contributed by atoms with Gasteiger partial charge in [0.15, 0.2) is 0 Å². The first-order valence-electron chi connectivity index (χ1n) is 1.43. The van der Waals surface area contributed by atoms with Crippen molar-refractivity contribution in [2.75, 3.05) is 7.11 Å². The first kappa shape index (κ1) is 9.81. The van der Waals surface area contributed by atoms with Crippen molar-refractivity contribution in [3.05, 3.63) is 12.3 Å². The largest absolute Gasteiger partial charge is 0.541 e. The van der Waals surface area contributed by atoms with E-state index in [1.54, 1.807) is 14.0 Å². The summed E-state index contributed by atoms with van der Waals surface area (Å²) in [7, 11) is 1.59. The molecule has 0 N–H and O–H groups in total. The van der Waals surface area contributed by atoms with Crippen molar-refractivity contribution in [1.82, 2.24) is 0 Å². The molecule has 0 bridgehead atoms. The Bertz CT molecular complexity index is 34.5. The van der Waals surface area contributed by atoms with Gasteiger partial charge in [0.1, 0.15) is 0 Å². The maximum atomic E-state index is 4.45. The molecule has 0 aliphatic carbocycles. The van der Waals surface area contributed by atoms with Gasteiger partial charge in [-0.3, -0.25) is 0 Å². The first-order valence-corrected chi connectivity index (χ1v) is 1.43. The fourth-order valence-corrected chi connectivity index (χ4v) is 0.118. The number of hydrogen-bond acceptors (Lipinski definition) is 1. The molecule has 0 saturated carbocycles. The third-order valence-electron chi connectivity index (χ3n) is 0.236. The van der Waals surface area contributed by atoms with Crippen LogP contribution < -0.4 is 0 Å². The van der Waals surface area contributed by atoms with Gasteiger partial charge in [-0.1, -0.05) is 6.26 Å². The van der Waals surface area contributed by atoms with Crippen molar-refractivity contribution in [3.8, 4) is 0 Å². The van der Waals surface area contributed by atoms with Crippen LogP contribution in [0.5, 0.6) is 0 Å². The Morgan fingerprint density at radius 1 is 1.67 bits per heavy atom. The van der Waals surface area contributed by atoms with Crippen LogP contribution in [-0.2, 0) is 37.4 Å². The maximum absolute atomic E-state index is 4.45. The van der Waals surface area contributed by atoms with Crippen LogP contribution in [0.25, 0.3) is 0 Å². The Labute approximate surface area is 63.6 Å². The van der Waals surface area contributed by atoms with Gasteiger partial charge in [-0.25, -0.2) is 0 Å². The van der Waals surface area contributed by atoms with Gasteiger partial charge in [-0.15, -0.1) is 0 Å². The molecular formula is C4H7OY-. The van der Waals surface area contributed by atoms with E-state index >= 15 is 0 Å². The van der Waals surface area contributed by atoms with Gasteiger partial charge in [0, 0.05) is 32.7 Å². The summed E-state index contributed by atoms with van der Waals surface area (Å²) in [5, 5.41) is 0. The summed E-state index contributed by atoms with van der Waals surface area (Å²) < 4.78 is 4.45. The van der Waals surface area contributed by atoms with Crippen molar-refractivity contribution < 1.29 is 37.4 Å². The zero-order valence-corrected chi connectivity index (χ0v) is 6.90. The van der Waals surface area contributed by atoms with E-state index < -0.39 is 0 Å². The molecule has 0 aromatic heterocycles. The van der Waals surface area contributed by atoms with E-state index in [4.69, 9.17) is 0 Å². The normalized spacial score (nSPS) is 7.67. The third-order valence-corrected chi connectivity index (χ3v) is 0.236. The number of rotatable bonds is 1. The van der Waals surface area contributed by atoms with Gasteiger partial charge in [-0.2, -0.15) is 6.92 Å². The van der Waals surface area contributed by atoms with Crippen molar-refractivity contribution in [3.63, 3.8) is 0 Å². The molecule has 0 aromatic carbocycles. The van der Waals surface area contributed by atoms with E-state index in [-0.39, 0.29) is 32.7 Å². The predicted octanol–water partition coefficient (Wildman–Crippen LogP) is 0.967. The molecule has 1 radical (unpaired) electrons. The third kappa shape index (κ3) is 8.82. The molecule has 2 heteroatoms. The van der Waals surface area contributed by atoms with E-state index in [0.717, 1.165) is 0 Å². The molecule has 0 fully saturated rings. The topological polar surface area (TPSA) is 9.23 Å². The van der Waals surface area contributed by atoms with E-state index in [1.807, 2.05) is 0 Å². The summed E-state index contributed by atoms with van der Waals surface area (Å²) >= 11 is 0. The minimum Gasteiger partial charge on any atom is -0.541 e. The van der Waals surface area contributed by atoms with Crippen molar-refractivity contribution in [1.29, 1.82) is 0 Å². The molecule has 0 amide bonds. The fraction of sp³-hybridized carbons (Fsp3) is 0.500. The second kappa shape index (κ2) is 9.17. The van der Waals surface area contributed by atoms with Gasteiger partial charge in [-0.05, 0) is 0 Å². The number of methoxy groups -OCH3 is 1. The second-order valence-electron chi connectivity index (χ2n) is 0.642. The molecule has 0 atom stereocenters. The Morgan fingerprint density at radius 3 is 2.17 bits per heavy atom. The van der Waals surface area contributed by atoms with Crippen molar-refractivity contribution >= 4 is 0 Å². The molecule has 0 saturated heterocycles. The smallest absolute Gasteiger partial charge is 0.0723 e. The number of ether oxygens (including phenoxy) is 1. The molecule has 1 nitrogen and oxygen atoms in total. The molecule has 6 heavy (non-hydrogen) atoms. The minimum absolute atomic E-state index is 0. The summed E-state index contributed by atoms with van der Waals surface area (Å²) in [6, 6.07) is 0. The van der Waals surface area contributed by atoms with Gasteiger partial charge in [0.25, 0.3) is 0 Å². The fourth-order valence-electron chi connectivity index (χ4n) is 0.118. The Hall–Kier alpha value is 0.644. The summed E-state index contributed by atoms with van der Waals surface area (Å²) in [6.07, 6.45) is 4.17. The summed E-state index contributed by atoms with van der Waals surface area (Å²) in [5.74, 6) is 0. The summed E-state index contributed by atoms with van der Waals surface area (Å²) in [5.41, 5.74) is 0. The molecule has 0 aliphatic heterocycles. The summed E-state index contributed by atoms with van der Waals surface area (Å²) in [4.78, 5) is 0. The van der Waals surface area contributed by atoms with E-state index in [9.17, 15) is 0 Å². The van der Waals surface area contributed by atoms with Crippen LogP contribution in [0.3, 0.4) is 0 Å². The van der Waals surface area contributed by atoms with Gasteiger partial charge in [0.05, 0.1) is 7.11 Å². The first-order chi connectivity index (χ1) is 2.41. The van der Waals surface area contributed by atoms with Gasteiger partial charge < -0.3 is 10.8 Å². The molecule has 33 valence electrons. The molecule has 0 heterocycles. The molecule has 0 aromatic rings. The molecule has 0 aliphatic rings. The van der Waals surface area contributed by atoms with Crippen LogP contribution in [0.2, 0.25) is 0 Å². The Morgan fingerprint density at radius 2 is 2.17 bits per heavy atom. The standard InChI is InChI=1S/C4H7O.Y/c1-3-4-5-2;/h4H,1-2H3;/q-1;. The molecular weight excluding hydrogens is 153 g/mol. The minimum atomic E-state index is 0. The zero-order valence-electron chi connectivity index (χ0n) is 4.06. The van der Waals surface area contributed by atoms with Crippen LogP contribution in [-0.4, -0.2) is 7.11 Å². The van der Waals surface area contributed by atoms with Crippen LogP contribution in [0.15, 0.2) is 6.26 Å². The number of allylic oxidation sites excluding steroid dienone is 1. The Kier molecular flexibility index (Phi) is 15.0. The van der Waals surface area contributed by atoms with Crippen LogP contribution >= 0.6 is 0 Å². The van der Waals surface area contributed by atoms with Crippen molar-refractivity contribution in [2.45, 2.75) is 6.92 Å². The average Bonchev–Trinajstić information content (AvgIpc) is 1.41. The SMILES string of the molecule is C[C-]=COC.[Y].